The summed E-state index contributed by atoms with van der Waals surface area (Å²) < 4.78 is 11.1. The van der Waals surface area contributed by atoms with Crippen molar-refractivity contribution in [3.8, 4) is 5.75 Å². The Morgan fingerprint density at radius 3 is 2.41 bits per heavy atom. The Labute approximate surface area is 134 Å². The molecular weight excluding hydrogens is 278 g/mol. The van der Waals surface area contributed by atoms with Crippen LogP contribution in [0.2, 0.25) is 0 Å². The molecule has 0 aliphatic carbocycles. The Bertz CT molecular complexity index is 456. The number of benzene rings is 1. The van der Waals surface area contributed by atoms with Crippen LogP contribution in [0.15, 0.2) is 24.3 Å². The van der Waals surface area contributed by atoms with Crippen LogP contribution >= 0.6 is 0 Å². The number of carbonyl (C=O) groups is 1. The van der Waals surface area contributed by atoms with E-state index in [0.717, 1.165) is 24.3 Å². The zero-order chi connectivity index (χ0) is 16.6. The maximum absolute atomic E-state index is 12.4. The average molecular weight is 307 g/mol. The van der Waals surface area contributed by atoms with Crippen LogP contribution < -0.4 is 10.1 Å². The van der Waals surface area contributed by atoms with Gasteiger partial charge in [0.1, 0.15) is 11.4 Å². The number of hydrogen-bond acceptors (Lipinski definition) is 3. The normalized spacial score (nSPS) is 13.7. The lowest BCUT2D eigenvalue weighted by molar-refractivity contribution is -0.136. The predicted molar refractivity (Wildman–Crippen MR) is 90.3 cm³/mol. The molecule has 124 valence electrons. The molecule has 0 spiro atoms. The summed E-state index contributed by atoms with van der Waals surface area (Å²) in [4.78, 5) is 12.4. The Morgan fingerprint density at radius 1 is 1.27 bits per heavy atom. The molecule has 0 bridgehead atoms. The van der Waals surface area contributed by atoms with Gasteiger partial charge in [0, 0.05) is 12.8 Å². The van der Waals surface area contributed by atoms with Crippen molar-refractivity contribution in [2.45, 2.75) is 52.6 Å². The van der Waals surface area contributed by atoms with Gasteiger partial charge >= 0.3 is 0 Å². The maximum Gasteiger partial charge on any atom is 0.256 e. The Kier molecular flexibility index (Phi) is 7.39. The number of nitrogens with one attached hydrogen (secondary N) is 1. The van der Waals surface area contributed by atoms with Crippen LogP contribution in [-0.4, -0.2) is 25.2 Å². The average Bonchev–Trinajstić information content (AvgIpc) is 2.51. The Morgan fingerprint density at radius 2 is 1.91 bits per heavy atom. The highest BCUT2D eigenvalue weighted by molar-refractivity contribution is 5.97. The predicted octanol–water partition coefficient (Wildman–Crippen LogP) is 4.26. The number of amides is 1. The topological polar surface area (TPSA) is 47.6 Å². The van der Waals surface area contributed by atoms with Crippen molar-refractivity contribution in [3.05, 3.63) is 24.3 Å². The van der Waals surface area contributed by atoms with Gasteiger partial charge in [-0.3, -0.25) is 4.79 Å². The first kappa shape index (κ1) is 18.5. The smallest absolute Gasteiger partial charge is 0.256 e. The van der Waals surface area contributed by atoms with Gasteiger partial charge in [-0.2, -0.15) is 0 Å². The molecule has 0 aliphatic rings. The maximum atomic E-state index is 12.4. The van der Waals surface area contributed by atoms with E-state index in [1.54, 1.807) is 7.11 Å². The van der Waals surface area contributed by atoms with Gasteiger partial charge in [0.15, 0.2) is 0 Å². The van der Waals surface area contributed by atoms with E-state index in [4.69, 9.17) is 9.47 Å². The van der Waals surface area contributed by atoms with E-state index in [-0.39, 0.29) is 5.91 Å². The van der Waals surface area contributed by atoms with E-state index >= 15 is 0 Å². The van der Waals surface area contributed by atoms with E-state index in [0.29, 0.717) is 18.9 Å². The molecule has 0 aliphatic heterocycles. The van der Waals surface area contributed by atoms with Crippen LogP contribution in [0, 0.1) is 5.92 Å². The number of carbonyl (C=O) groups excluding carboxylic acids is 1. The van der Waals surface area contributed by atoms with Gasteiger partial charge in [-0.1, -0.05) is 33.6 Å². The number of methoxy groups -OCH3 is 1. The molecule has 0 heterocycles. The zero-order valence-corrected chi connectivity index (χ0v) is 14.4. The third-order valence-corrected chi connectivity index (χ3v) is 3.63. The standard InChI is InChI=1S/C18H29NO3/c1-6-7-12-18(4,21-5)17(20)19-15-8-10-16(11-9-15)22-13-14(2)3/h8-11,14H,6-7,12-13H2,1-5H3,(H,19,20)/t18-/m1/s1. The summed E-state index contributed by atoms with van der Waals surface area (Å²) in [5.74, 6) is 1.19. The Hall–Kier alpha value is -1.55. The van der Waals surface area contributed by atoms with Gasteiger partial charge in [-0.15, -0.1) is 0 Å². The molecule has 1 rings (SSSR count). The van der Waals surface area contributed by atoms with Crippen LogP contribution in [-0.2, 0) is 9.53 Å². The second-order valence-electron chi connectivity index (χ2n) is 6.22. The number of unbranched alkanes of at least 4 members (excludes halogenated alkanes) is 1. The lowest BCUT2D eigenvalue weighted by Crippen LogP contribution is -2.41. The van der Waals surface area contributed by atoms with Crippen molar-refractivity contribution in [2.24, 2.45) is 5.92 Å². The summed E-state index contributed by atoms with van der Waals surface area (Å²) in [6.07, 6.45) is 2.70. The van der Waals surface area contributed by atoms with E-state index < -0.39 is 5.60 Å². The third kappa shape index (κ3) is 5.68. The molecule has 0 aromatic heterocycles. The molecule has 4 heteroatoms. The quantitative estimate of drug-likeness (QED) is 0.741. The fourth-order valence-corrected chi connectivity index (χ4v) is 1.98. The molecule has 0 radical (unpaired) electrons. The van der Waals surface area contributed by atoms with E-state index in [2.05, 4.69) is 26.1 Å². The van der Waals surface area contributed by atoms with Crippen LogP contribution in [0.25, 0.3) is 0 Å². The first-order chi connectivity index (χ1) is 10.4. The van der Waals surface area contributed by atoms with Gasteiger partial charge < -0.3 is 14.8 Å². The SMILES string of the molecule is CCCC[C@@](C)(OC)C(=O)Nc1ccc(OCC(C)C)cc1. The monoisotopic (exact) mass is 307 g/mol. The van der Waals surface area contributed by atoms with Gasteiger partial charge in [0.2, 0.25) is 0 Å². The molecule has 1 N–H and O–H groups in total. The van der Waals surface area contributed by atoms with Gasteiger partial charge in [0.25, 0.3) is 5.91 Å². The number of hydrogen-bond donors (Lipinski definition) is 1. The molecule has 22 heavy (non-hydrogen) atoms. The lowest BCUT2D eigenvalue weighted by Gasteiger charge is -2.26. The van der Waals surface area contributed by atoms with Crippen molar-refractivity contribution in [1.29, 1.82) is 0 Å². The minimum absolute atomic E-state index is 0.112. The zero-order valence-electron chi connectivity index (χ0n) is 14.4. The van der Waals surface area contributed by atoms with Crippen molar-refractivity contribution in [2.75, 3.05) is 19.0 Å². The number of ether oxygens (including phenoxy) is 2. The molecular formula is C18H29NO3. The summed E-state index contributed by atoms with van der Waals surface area (Å²) in [7, 11) is 1.58. The molecule has 0 unspecified atom stereocenters. The van der Waals surface area contributed by atoms with Gasteiger partial charge in [-0.05, 0) is 43.5 Å². The molecule has 1 aromatic rings. The molecule has 0 saturated heterocycles. The molecule has 1 aromatic carbocycles. The van der Waals surface area contributed by atoms with Crippen LogP contribution in [0.5, 0.6) is 5.75 Å². The van der Waals surface area contributed by atoms with Crippen LogP contribution in [0.1, 0.15) is 47.0 Å². The highest BCUT2D eigenvalue weighted by atomic mass is 16.5. The fourth-order valence-electron chi connectivity index (χ4n) is 1.98. The summed E-state index contributed by atoms with van der Waals surface area (Å²) in [6, 6.07) is 7.44. The summed E-state index contributed by atoms with van der Waals surface area (Å²) in [5, 5.41) is 2.91. The third-order valence-electron chi connectivity index (χ3n) is 3.63. The summed E-state index contributed by atoms with van der Waals surface area (Å²) in [5.41, 5.74) is -0.0373. The Balaban J connectivity index is 2.63. The lowest BCUT2D eigenvalue weighted by atomic mass is 9.97. The first-order valence-electron chi connectivity index (χ1n) is 8.00. The number of rotatable bonds is 9. The highest BCUT2D eigenvalue weighted by Gasteiger charge is 2.32. The summed E-state index contributed by atoms with van der Waals surface area (Å²) in [6.45, 7) is 8.83. The van der Waals surface area contributed by atoms with Crippen LogP contribution in [0.4, 0.5) is 5.69 Å². The molecule has 4 nitrogen and oxygen atoms in total. The molecule has 1 amide bonds. The molecule has 1 atom stereocenters. The highest BCUT2D eigenvalue weighted by Crippen LogP contribution is 2.22. The minimum Gasteiger partial charge on any atom is -0.493 e. The largest absolute Gasteiger partial charge is 0.493 e. The second-order valence-corrected chi connectivity index (χ2v) is 6.22. The summed E-state index contributed by atoms with van der Waals surface area (Å²) >= 11 is 0. The molecule has 0 saturated carbocycles. The first-order valence-corrected chi connectivity index (χ1v) is 8.00. The van der Waals surface area contributed by atoms with Gasteiger partial charge in [-0.25, -0.2) is 0 Å². The van der Waals surface area contributed by atoms with Crippen molar-refractivity contribution in [3.63, 3.8) is 0 Å². The van der Waals surface area contributed by atoms with E-state index in [1.807, 2.05) is 31.2 Å². The number of anilines is 1. The molecule has 0 fully saturated rings. The van der Waals surface area contributed by atoms with Crippen molar-refractivity contribution in [1.82, 2.24) is 0 Å². The second kappa shape index (κ2) is 8.79. The van der Waals surface area contributed by atoms with E-state index in [9.17, 15) is 4.79 Å². The van der Waals surface area contributed by atoms with E-state index in [1.165, 1.54) is 0 Å². The van der Waals surface area contributed by atoms with Crippen molar-refractivity contribution < 1.29 is 14.3 Å². The fraction of sp³-hybridized carbons (Fsp3) is 0.611. The minimum atomic E-state index is -0.789. The van der Waals surface area contributed by atoms with Crippen molar-refractivity contribution >= 4 is 11.6 Å². The van der Waals surface area contributed by atoms with Crippen LogP contribution in [0.3, 0.4) is 0 Å². The van der Waals surface area contributed by atoms with Gasteiger partial charge in [0.05, 0.1) is 6.61 Å².